The second-order valence-electron chi connectivity index (χ2n) is 17.8. The SMILES string of the molecule is COC1CCCN(c2ccc(Nc3nc(N4CCC(CC#N)CC4)nc4cn[nH]c(=O)c34)cn2)C1.O=c1[nH]ncc2nc(N3CCCCCC3)nc(Nc3ccc(N4CCC(F)(F)CC4)cc3)c12. The standard InChI is InChI=1S/C24H29N9O2.C23H27F2N7O/c1-35-18-3-2-10-33(15-18)20-5-4-17(13-26-20)28-22-21-19(14-27-31-23(21)34)29-24(30-22)32-11-7-16(6-9-25)8-12-32;24-23(25)9-13-31(14-10-23)17-7-5-16(6-8-17)27-20-19-18(15-26-30-21(19)33)28-22(29-20)32-11-3-1-2-4-12-32/h4-5,13-14,16,18H,2-3,6-8,10-12,15H2,1H3,(H,31,34)(H,28,29,30);5-8,15H,1-4,9-14H2,(H,30,33)(H,27,28,29). The summed E-state index contributed by atoms with van der Waals surface area (Å²) in [6.45, 7) is 5.73. The molecule has 0 saturated carbocycles. The Balaban J connectivity index is 0.000000170. The average molecular weight is 931 g/mol. The minimum atomic E-state index is -2.57. The number of halogens is 2. The van der Waals surface area contributed by atoms with E-state index in [4.69, 9.17) is 20.0 Å². The molecule has 356 valence electrons. The van der Waals surface area contributed by atoms with Crippen molar-refractivity contribution < 1.29 is 13.5 Å². The zero-order valence-electron chi connectivity index (χ0n) is 38.1. The summed E-state index contributed by atoms with van der Waals surface area (Å²) >= 11 is 0. The van der Waals surface area contributed by atoms with Crippen molar-refractivity contribution >= 4 is 68.2 Å². The van der Waals surface area contributed by atoms with E-state index in [1.807, 2.05) is 41.3 Å². The molecule has 0 radical (unpaired) electrons. The van der Waals surface area contributed by atoms with E-state index < -0.39 is 5.92 Å². The van der Waals surface area contributed by atoms with Crippen molar-refractivity contribution in [2.75, 3.05) is 89.7 Å². The molecule has 21 heteroatoms. The number of rotatable bonds is 10. The highest BCUT2D eigenvalue weighted by Gasteiger charge is 2.34. The molecule has 6 aromatic rings. The fraction of sp³-hybridized carbons (Fsp3) is 0.489. The highest BCUT2D eigenvalue weighted by molar-refractivity contribution is 5.91. The van der Waals surface area contributed by atoms with Crippen LogP contribution in [0.3, 0.4) is 0 Å². The molecule has 4 N–H and O–H groups in total. The fourth-order valence-corrected chi connectivity index (χ4v) is 9.29. The molecule has 9 heterocycles. The number of nitriles is 1. The predicted octanol–water partition coefficient (Wildman–Crippen LogP) is 6.67. The van der Waals surface area contributed by atoms with Crippen LogP contribution in [0.5, 0.6) is 0 Å². The molecule has 0 bridgehead atoms. The maximum absolute atomic E-state index is 13.5. The van der Waals surface area contributed by atoms with Gasteiger partial charge in [0.15, 0.2) is 0 Å². The van der Waals surface area contributed by atoms with Crippen LogP contribution in [0.2, 0.25) is 0 Å². The third kappa shape index (κ3) is 10.9. The van der Waals surface area contributed by atoms with Crippen LogP contribution >= 0.6 is 0 Å². The molecule has 4 aliphatic heterocycles. The van der Waals surface area contributed by atoms with Crippen LogP contribution in [0, 0.1) is 17.2 Å². The smallest absolute Gasteiger partial charge is 0.277 e. The molecular formula is C47H56F2N16O3. The molecule has 0 aliphatic carbocycles. The Bertz CT molecular complexity index is 2810. The van der Waals surface area contributed by atoms with E-state index in [2.05, 4.69) is 66.7 Å². The number of H-pyrrole nitrogens is 2. The van der Waals surface area contributed by atoms with Crippen molar-refractivity contribution in [3.63, 3.8) is 0 Å². The van der Waals surface area contributed by atoms with Crippen molar-refractivity contribution in [3.05, 3.63) is 75.7 Å². The topological polar surface area (TPSA) is 226 Å². The number of anilines is 8. The Labute approximate surface area is 391 Å². The number of nitrogens with one attached hydrogen (secondary N) is 4. The van der Waals surface area contributed by atoms with Gasteiger partial charge in [0.05, 0.1) is 36.5 Å². The quantitative estimate of drug-likeness (QED) is 0.113. The number of ether oxygens (including phenoxy) is 1. The van der Waals surface area contributed by atoms with Gasteiger partial charge in [0, 0.05) is 90.1 Å². The number of hydrogen-bond donors (Lipinski definition) is 4. The van der Waals surface area contributed by atoms with E-state index in [1.54, 1.807) is 25.7 Å². The molecular weight excluding hydrogens is 875 g/mol. The molecule has 0 amide bonds. The first-order valence-corrected chi connectivity index (χ1v) is 23.5. The molecule has 1 unspecified atom stereocenters. The third-order valence-electron chi connectivity index (χ3n) is 13.2. The van der Waals surface area contributed by atoms with Crippen LogP contribution < -0.4 is 41.4 Å². The molecule has 10 rings (SSSR count). The van der Waals surface area contributed by atoms with E-state index in [9.17, 15) is 18.4 Å². The average Bonchev–Trinajstić information content (AvgIpc) is 3.65. The first-order valence-electron chi connectivity index (χ1n) is 23.5. The summed E-state index contributed by atoms with van der Waals surface area (Å²) in [4.78, 5) is 56.9. The lowest BCUT2D eigenvalue weighted by molar-refractivity contribution is -0.0220. The number of piperidine rings is 3. The normalized spacial score (nSPS) is 18.9. The van der Waals surface area contributed by atoms with Crippen LogP contribution in [-0.4, -0.2) is 117 Å². The monoisotopic (exact) mass is 930 g/mol. The van der Waals surface area contributed by atoms with Crippen molar-refractivity contribution in [1.82, 2.24) is 45.3 Å². The number of methoxy groups -OCH3 is 1. The van der Waals surface area contributed by atoms with Crippen LogP contribution in [-0.2, 0) is 4.74 Å². The number of nitrogens with zero attached hydrogens (tertiary/aromatic N) is 12. The Morgan fingerprint density at radius 2 is 1.26 bits per heavy atom. The van der Waals surface area contributed by atoms with Gasteiger partial charge in [-0.2, -0.15) is 25.4 Å². The molecule has 4 fully saturated rings. The Kier molecular flexibility index (Phi) is 14.1. The number of alkyl halides is 2. The first-order chi connectivity index (χ1) is 33.1. The lowest BCUT2D eigenvalue weighted by atomic mass is 9.94. The van der Waals surface area contributed by atoms with Gasteiger partial charge < -0.3 is 35.0 Å². The van der Waals surface area contributed by atoms with Gasteiger partial charge in [0.25, 0.3) is 17.0 Å². The van der Waals surface area contributed by atoms with E-state index in [1.165, 1.54) is 12.8 Å². The van der Waals surface area contributed by atoms with E-state index in [0.717, 1.165) is 101 Å². The number of benzene rings is 1. The largest absolute Gasteiger partial charge is 0.380 e. The molecule has 0 spiro atoms. The lowest BCUT2D eigenvalue weighted by Crippen LogP contribution is -2.39. The second-order valence-corrected chi connectivity index (χ2v) is 17.8. The summed E-state index contributed by atoms with van der Waals surface area (Å²) in [6.07, 6.45) is 13.9. The summed E-state index contributed by atoms with van der Waals surface area (Å²) in [6, 6.07) is 13.7. The van der Waals surface area contributed by atoms with E-state index in [0.29, 0.717) is 70.8 Å². The van der Waals surface area contributed by atoms with E-state index in [-0.39, 0.29) is 30.1 Å². The Hall–Kier alpha value is -7.08. The summed E-state index contributed by atoms with van der Waals surface area (Å²) in [7, 11) is 1.75. The van der Waals surface area contributed by atoms with Crippen molar-refractivity contribution in [2.45, 2.75) is 82.7 Å². The molecule has 1 atom stereocenters. The zero-order valence-corrected chi connectivity index (χ0v) is 38.1. The van der Waals surface area contributed by atoms with Crippen LogP contribution in [0.25, 0.3) is 21.8 Å². The molecule has 68 heavy (non-hydrogen) atoms. The molecule has 4 aliphatic rings. The second kappa shape index (κ2) is 20.8. The van der Waals surface area contributed by atoms with Gasteiger partial charge in [0.2, 0.25) is 11.9 Å². The van der Waals surface area contributed by atoms with Gasteiger partial charge in [-0.3, -0.25) is 9.59 Å². The fourth-order valence-electron chi connectivity index (χ4n) is 9.29. The van der Waals surface area contributed by atoms with Gasteiger partial charge in [-0.15, -0.1) is 0 Å². The summed E-state index contributed by atoms with van der Waals surface area (Å²) < 4.78 is 32.5. The number of fused-ring (bicyclic) bond motifs is 2. The number of aromatic nitrogens is 9. The first kappa shape index (κ1) is 46.0. The molecule has 1 aromatic carbocycles. The molecule has 4 saturated heterocycles. The van der Waals surface area contributed by atoms with Crippen LogP contribution in [0.15, 0.2) is 64.6 Å². The maximum Gasteiger partial charge on any atom is 0.277 e. The number of aromatic amines is 2. The minimum absolute atomic E-state index is 0.129. The summed E-state index contributed by atoms with van der Waals surface area (Å²) in [5.41, 5.74) is 2.63. The lowest BCUT2D eigenvalue weighted by Gasteiger charge is -2.33. The Morgan fingerprint density at radius 1 is 0.691 bits per heavy atom. The zero-order chi connectivity index (χ0) is 47.0. The van der Waals surface area contributed by atoms with Crippen molar-refractivity contribution in [3.8, 4) is 6.07 Å². The predicted molar refractivity (Wildman–Crippen MR) is 258 cm³/mol. The highest BCUT2D eigenvalue weighted by atomic mass is 19.3. The molecule has 5 aromatic heterocycles. The van der Waals surface area contributed by atoms with Crippen molar-refractivity contribution in [1.29, 1.82) is 5.26 Å². The minimum Gasteiger partial charge on any atom is -0.380 e. The highest BCUT2D eigenvalue weighted by Crippen LogP contribution is 2.33. The maximum atomic E-state index is 13.5. The van der Waals surface area contributed by atoms with Gasteiger partial charge >= 0.3 is 0 Å². The number of pyridine rings is 1. The van der Waals surface area contributed by atoms with Crippen LogP contribution in [0.1, 0.15) is 70.6 Å². The van der Waals surface area contributed by atoms with Gasteiger partial charge in [-0.25, -0.2) is 33.9 Å². The van der Waals surface area contributed by atoms with Crippen LogP contribution in [0.4, 0.5) is 55.2 Å². The summed E-state index contributed by atoms with van der Waals surface area (Å²) in [5, 5.41) is 29.0. The Morgan fingerprint density at radius 3 is 1.84 bits per heavy atom. The van der Waals surface area contributed by atoms with Gasteiger partial charge in [0.1, 0.15) is 39.3 Å². The third-order valence-corrected chi connectivity index (χ3v) is 13.2. The van der Waals surface area contributed by atoms with Gasteiger partial charge in [-0.05, 0) is 80.8 Å². The molecule has 19 nitrogen and oxygen atoms in total. The van der Waals surface area contributed by atoms with E-state index >= 15 is 0 Å². The summed E-state index contributed by atoms with van der Waals surface area (Å²) in [5.74, 6) is 0.707. The van der Waals surface area contributed by atoms with Crippen molar-refractivity contribution in [2.24, 2.45) is 5.92 Å². The number of hydrogen-bond acceptors (Lipinski definition) is 17. The van der Waals surface area contributed by atoms with Gasteiger partial charge in [-0.1, -0.05) is 12.8 Å².